The van der Waals surface area contributed by atoms with Crippen molar-refractivity contribution in [2.45, 2.75) is 36.2 Å². The van der Waals surface area contributed by atoms with Crippen LogP contribution in [0.25, 0.3) is 0 Å². The molecule has 0 fully saturated rings. The maximum atomic E-state index is 14.0. The van der Waals surface area contributed by atoms with Crippen molar-refractivity contribution in [3.8, 4) is 0 Å². The number of ketones is 1. The van der Waals surface area contributed by atoms with Gasteiger partial charge in [-0.15, -0.1) is 5.10 Å². The summed E-state index contributed by atoms with van der Waals surface area (Å²) < 4.78 is 15.7. The lowest BCUT2D eigenvalue weighted by atomic mass is 9.85. The average Bonchev–Trinajstić information content (AvgIpc) is 3.14. The number of halogens is 1. The fourth-order valence-corrected chi connectivity index (χ4v) is 4.69. The smallest absolute Gasteiger partial charge is 0.227 e. The third-order valence-corrected chi connectivity index (χ3v) is 6.13. The Balaban J connectivity index is 1.53. The van der Waals surface area contributed by atoms with Crippen LogP contribution in [0, 0.1) is 5.82 Å². The third-order valence-electron chi connectivity index (χ3n) is 5.22. The molecule has 7 heteroatoms. The molecule has 0 saturated carbocycles. The van der Waals surface area contributed by atoms with Gasteiger partial charge in [-0.2, -0.15) is 4.98 Å². The second-order valence-electron chi connectivity index (χ2n) is 7.19. The summed E-state index contributed by atoms with van der Waals surface area (Å²) in [7, 11) is 0. The molecular weight excluding hydrogens is 387 g/mol. The first kappa shape index (κ1) is 18.1. The molecule has 0 unspecified atom stereocenters. The molecule has 2 aromatic carbocycles. The highest BCUT2D eigenvalue weighted by atomic mass is 32.2. The number of carbonyl (C=O) groups excluding carboxylic acids is 1. The number of hydrogen-bond acceptors (Lipinski definition) is 5. The van der Waals surface area contributed by atoms with Crippen molar-refractivity contribution in [2.75, 3.05) is 5.32 Å². The van der Waals surface area contributed by atoms with Gasteiger partial charge in [0.15, 0.2) is 5.78 Å². The maximum Gasteiger partial charge on any atom is 0.227 e. The lowest BCUT2D eigenvalue weighted by molar-refractivity contribution is -0.116. The number of Topliss-reactive ketones (excluding diaryl/α,β-unsaturated/α-hetero) is 1. The number of hydrogen-bond donors (Lipinski definition) is 1. The van der Waals surface area contributed by atoms with Gasteiger partial charge in [0.25, 0.3) is 0 Å². The van der Waals surface area contributed by atoms with E-state index in [2.05, 4.69) is 27.5 Å². The summed E-state index contributed by atoms with van der Waals surface area (Å²) in [5, 5.41) is 8.61. The standard InChI is InChI=1S/C22H19FN4OS/c23-16-9-4-8-15(12-16)20-19-17(10-5-11-18(19)28)24-21-25-22(26-27(20)21)29-13-14-6-2-1-3-7-14/h1-4,6-9,12,20H,5,10-11,13H2,(H,24,25,26)/t20-/m0/s1. The van der Waals surface area contributed by atoms with Gasteiger partial charge in [-0.05, 0) is 36.1 Å². The van der Waals surface area contributed by atoms with Crippen molar-refractivity contribution in [3.05, 3.63) is 82.8 Å². The molecule has 2 heterocycles. The van der Waals surface area contributed by atoms with Crippen LogP contribution in [0.2, 0.25) is 0 Å². The molecule has 1 N–H and O–H groups in total. The molecule has 0 bridgehead atoms. The zero-order valence-corrected chi connectivity index (χ0v) is 16.5. The number of nitrogens with one attached hydrogen (secondary N) is 1. The van der Waals surface area contributed by atoms with E-state index in [0.29, 0.717) is 28.7 Å². The lowest BCUT2D eigenvalue weighted by Crippen LogP contribution is -2.31. The number of fused-ring (bicyclic) bond motifs is 1. The molecule has 146 valence electrons. The van der Waals surface area contributed by atoms with E-state index in [0.717, 1.165) is 24.3 Å². The monoisotopic (exact) mass is 406 g/mol. The van der Waals surface area contributed by atoms with E-state index in [1.54, 1.807) is 22.5 Å². The van der Waals surface area contributed by atoms with Gasteiger partial charge in [-0.1, -0.05) is 54.2 Å². The number of benzene rings is 2. The molecule has 29 heavy (non-hydrogen) atoms. The summed E-state index contributed by atoms with van der Waals surface area (Å²) in [4.78, 5) is 17.4. The molecule has 5 rings (SSSR count). The fourth-order valence-electron chi connectivity index (χ4n) is 3.90. The predicted octanol–water partition coefficient (Wildman–Crippen LogP) is 4.73. The number of nitrogens with zero attached hydrogens (tertiary/aromatic N) is 3. The number of thioether (sulfide) groups is 1. The number of anilines is 1. The van der Waals surface area contributed by atoms with Gasteiger partial charge in [0.1, 0.15) is 11.9 Å². The van der Waals surface area contributed by atoms with E-state index in [1.807, 2.05) is 24.3 Å². The van der Waals surface area contributed by atoms with E-state index in [4.69, 9.17) is 0 Å². The summed E-state index contributed by atoms with van der Waals surface area (Å²) in [6.45, 7) is 0. The summed E-state index contributed by atoms with van der Waals surface area (Å²) in [6, 6.07) is 16.1. The van der Waals surface area contributed by atoms with Crippen LogP contribution >= 0.6 is 11.8 Å². The van der Waals surface area contributed by atoms with E-state index >= 15 is 0 Å². The van der Waals surface area contributed by atoms with Crippen molar-refractivity contribution in [1.82, 2.24) is 14.8 Å². The first-order chi connectivity index (χ1) is 14.2. The Morgan fingerprint density at radius 2 is 2.00 bits per heavy atom. The van der Waals surface area contributed by atoms with Gasteiger partial charge in [-0.25, -0.2) is 9.07 Å². The second kappa shape index (κ2) is 7.48. The second-order valence-corrected chi connectivity index (χ2v) is 8.13. The van der Waals surface area contributed by atoms with Gasteiger partial charge in [0.05, 0.1) is 0 Å². The SMILES string of the molecule is O=C1CCCC2=C1[C@H](c1cccc(F)c1)n1nc(SCc3ccccc3)nc1N2. The quantitative estimate of drug-likeness (QED) is 0.635. The summed E-state index contributed by atoms with van der Waals surface area (Å²) in [5.41, 5.74) is 3.46. The number of aromatic nitrogens is 3. The van der Waals surface area contributed by atoms with Crippen LogP contribution in [0.4, 0.5) is 10.3 Å². The molecule has 1 atom stereocenters. The molecule has 2 aliphatic rings. The summed E-state index contributed by atoms with van der Waals surface area (Å²) >= 11 is 1.54. The first-order valence-corrected chi connectivity index (χ1v) is 10.6. The Bertz CT molecular complexity index is 1110. The molecule has 1 aliphatic heterocycles. The van der Waals surface area contributed by atoms with E-state index < -0.39 is 6.04 Å². The van der Waals surface area contributed by atoms with Gasteiger partial charge < -0.3 is 5.32 Å². The van der Waals surface area contributed by atoms with Crippen LogP contribution in [0.3, 0.4) is 0 Å². The number of rotatable bonds is 4. The Hall–Kier alpha value is -2.93. The fraction of sp³-hybridized carbons (Fsp3) is 0.227. The van der Waals surface area contributed by atoms with E-state index in [9.17, 15) is 9.18 Å². The van der Waals surface area contributed by atoms with Crippen LogP contribution in [-0.4, -0.2) is 20.5 Å². The highest BCUT2D eigenvalue weighted by molar-refractivity contribution is 7.98. The van der Waals surface area contributed by atoms with Crippen molar-refractivity contribution in [2.24, 2.45) is 0 Å². The predicted molar refractivity (Wildman–Crippen MR) is 110 cm³/mol. The molecule has 0 spiro atoms. The van der Waals surface area contributed by atoms with Gasteiger partial charge in [0, 0.05) is 23.4 Å². The van der Waals surface area contributed by atoms with Gasteiger partial charge in [0.2, 0.25) is 11.1 Å². The Kier molecular flexibility index (Phi) is 4.67. The van der Waals surface area contributed by atoms with Crippen LogP contribution in [0.5, 0.6) is 0 Å². The van der Waals surface area contributed by atoms with Crippen molar-refractivity contribution >= 4 is 23.5 Å². The van der Waals surface area contributed by atoms with Crippen molar-refractivity contribution in [3.63, 3.8) is 0 Å². The third kappa shape index (κ3) is 3.46. The molecule has 0 amide bonds. The Labute approximate surface area is 172 Å². The average molecular weight is 406 g/mol. The minimum Gasteiger partial charge on any atom is -0.328 e. The van der Waals surface area contributed by atoms with Gasteiger partial charge >= 0.3 is 0 Å². The minimum atomic E-state index is -0.455. The minimum absolute atomic E-state index is 0.0904. The maximum absolute atomic E-state index is 14.0. The van der Waals surface area contributed by atoms with Gasteiger partial charge in [-0.3, -0.25) is 4.79 Å². The molecule has 0 radical (unpaired) electrons. The molecule has 0 saturated heterocycles. The largest absolute Gasteiger partial charge is 0.328 e. The zero-order valence-electron chi connectivity index (χ0n) is 15.6. The normalized spacial score (nSPS) is 18.2. The van der Waals surface area contributed by atoms with E-state index in [1.165, 1.54) is 17.7 Å². The van der Waals surface area contributed by atoms with Crippen LogP contribution < -0.4 is 5.32 Å². The lowest BCUT2D eigenvalue weighted by Gasteiger charge is -2.32. The van der Waals surface area contributed by atoms with Crippen LogP contribution in [0.1, 0.15) is 36.4 Å². The number of carbonyl (C=O) groups is 1. The van der Waals surface area contributed by atoms with Crippen LogP contribution in [-0.2, 0) is 10.5 Å². The molecule has 3 aromatic rings. The van der Waals surface area contributed by atoms with Crippen molar-refractivity contribution in [1.29, 1.82) is 0 Å². The molecule has 1 aromatic heterocycles. The molecular formula is C22H19FN4OS. The number of allylic oxidation sites excluding steroid dienone is 2. The first-order valence-electron chi connectivity index (χ1n) is 9.61. The summed E-state index contributed by atoms with van der Waals surface area (Å²) in [6.07, 6.45) is 2.10. The molecule has 1 aliphatic carbocycles. The Morgan fingerprint density at radius 3 is 2.83 bits per heavy atom. The Morgan fingerprint density at radius 1 is 1.14 bits per heavy atom. The zero-order chi connectivity index (χ0) is 19.8. The van der Waals surface area contributed by atoms with Crippen molar-refractivity contribution < 1.29 is 9.18 Å². The van der Waals surface area contributed by atoms with Crippen LogP contribution in [0.15, 0.2) is 71.0 Å². The highest BCUT2D eigenvalue weighted by Crippen LogP contribution is 2.40. The molecule has 5 nitrogen and oxygen atoms in total. The van der Waals surface area contributed by atoms with E-state index in [-0.39, 0.29) is 11.6 Å². The summed E-state index contributed by atoms with van der Waals surface area (Å²) in [5.74, 6) is 1.11. The highest BCUT2D eigenvalue weighted by Gasteiger charge is 2.36. The topological polar surface area (TPSA) is 59.8 Å².